The number of benzene rings is 2. The number of ether oxygens (including phenoxy) is 1. The fourth-order valence-electron chi connectivity index (χ4n) is 5.09. The first kappa shape index (κ1) is 21.8. The highest BCUT2D eigenvalue weighted by Gasteiger charge is 2.41. The Bertz CT molecular complexity index is 808. The molecule has 0 radical (unpaired) electrons. The first-order valence-electron chi connectivity index (χ1n) is 11.8. The Morgan fingerprint density at radius 1 is 1.06 bits per heavy atom. The number of carbonyl (C=O) groups is 1. The maximum Gasteiger partial charge on any atom is 0.251 e. The molecule has 1 aliphatic heterocycles. The molecule has 0 unspecified atom stereocenters. The van der Waals surface area contributed by atoms with Gasteiger partial charge in [0.05, 0.1) is 12.6 Å². The molecule has 0 bridgehead atoms. The third-order valence-corrected chi connectivity index (χ3v) is 6.67. The van der Waals surface area contributed by atoms with Gasteiger partial charge in [-0.05, 0) is 37.5 Å². The lowest BCUT2D eigenvalue weighted by atomic mass is 9.95. The molecule has 2 atom stereocenters. The predicted octanol–water partition coefficient (Wildman–Crippen LogP) is 4.01. The van der Waals surface area contributed by atoms with Crippen molar-refractivity contribution in [2.24, 2.45) is 0 Å². The second kappa shape index (κ2) is 10.8. The van der Waals surface area contributed by atoms with Crippen molar-refractivity contribution in [2.45, 2.75) is 50.8 Å². The second-order valence-electron chi connectivity index (χ2n) is 8.53. The maximum atomic E-state index is 13.3. The van der Waals surface area contributed by atoms with Crippen LogP contribution in [0.2, 0.25) is 0 Å². The number of likely N-dealkylation sites (N-methyl/N-ethyl adjacent to an activating group) is 1. The van der Waals surface area contributed by atoms with Gasteiger partial charge < -0.3 is 15.0 Å². The topological polar surface area (TPSA) is 44.8 Å². The number of amides is 1. The molecule has 1 heterocycles. The molecule has 5 nitrogen and oxygen atoms in total. The number of carbonyl (C=O) groups excluding carboxylic acids is 1. The molecule has 31 heavy (non-hydrogen) atoms. The molecule has 2 aromatic rings. The van der Waals surface area contributed by atoms with Crippen LogP contribution < -0.4 is 10.2 Å². The van der Waals surface area contributed by atoms with E-state index in [0.717, 1.165) is 19.6 Å². The highest BCUT2D eigenvalue weighted by atomic mass is 16.5. The number of hydrogen-bond acceptors (Lipinski definition) is 4. The van der Waals surface area contributed by atoms with Crippen LogP contribution in [-0.2, 0) is 9.53 Å². The van der Waals surface area contributed by atoms with Crippen LogP contribution in [0.3, 0.4) is 0 Å². The van der Waals surface area contributed by atoms with Gasteiger partial charge in [0.1, 0.15) is 0 Å². The molecule has 5 heteroatoms. The van der Waals surface area contributed by atoms with Crippen LogP contribution in [0.25, 0.3) is 0 Å². The zero-order chi connectivity index (χ0) is 21.5. The van der Waals surface area contributed by atoms with Gasteiger partial charge in [0.15, 0.2) is 6.10 Å². The van der Waals surface area contributed by atoms with Gasteiger partial charge in [0.25, 0.3) is 5.91 Å². The van der Waals surface area contributed by atoms with E-state index >= 15 is 0 Å². The van der Waals surface area contributed by atoms with Gasteiger partial charge in [-0.15, -0.1) is 0 Å². The fraction of sp³-hybridized carbons (Fsp3) is 0.500. The summed E-state index contributed by atoms with van der Waals surface area (Å²) in [6.45, 7) is 5.94. The number of anilines is 1. The Hall–Kier alpha value is -2.37. The van der Waals surface area contributed by atoms with Crippen LogP contribution in [0.15, 0.2) is 60.7 Å². The smallest absolute Gasteiger partial charge is 0.251 e. The van der Waals surface area contributed by atoms with Crippen LogP contribution in [0, 0.1) is 0 Å². The first-order valence-corrected chi connectivity index (χ1v) is 11.8. The summed E-state index contributed by atoms with van der Waals surface area (Å²) >= 11 is 0. The van der Waals surface area contributed by atoms with Crippen LogP contribution >= 0.6 is 0 Å². The molecule has 1 N–H and O–H groups in total. The Labute approximate surface area is 186 Å². The van der Waals surface area contributed by atoms with Crippen molar-refractivity contribution in [3.05, 3.63) is 66.2 Å². The molecule has 2 aromatic carbocycles. The minimum absolute atomic E-state index is 0.000615. The molecule has 2 fully saturated rings. The summed E-state index contributed by atoms with van der Waals surface area (Å²) in [7, 11) is 0. The van der Waals surface area contributed by atoms with E-state index in [2.05, 4.69) is 70.6 Å². The minimum atomic E-state index is -0.469. The third-order valence-electron chi connectivity index (χ3n) is 6.67. The van der Waals surface area contributed by atoms with Gasteiger partial charge >= 0.3 is 0 Å². The van der Waals surface area contributed by atoms with Crippen LogP contribution in [0.5, 0.6) is 0 Å². The van der Waals surface area contributed by atoms with E-state index in [1.807, 2.05) is 12.1 Å². The molecule has 1 aliphatic carbocycles. The van der Waals surface area contributed by atoms with Crippen molar-refractivity contribution in [1.29, 1.82) is 0 Å². The second-order valence-corrected chi connectivity index (χ2v) is 8.53. The van der Waals surface area contributed by atoms with E-state index in [9.17, 15) is 4.79 Å². The average molecular weight is 422 g/mol. The number of rotatable bonds is 8. The van der Waals surface area contributed by atoms with Crippen LogP contribution in [-0.4, -0.2) is 55.7 Å². The van der Waals surface area contributed by atoms with E-state index in [-0.39, 0.29) is 11.9 Å². The van der Waals surface area contributed by atoms with E-state index < -0.39 is 6.10 Å². The lowest BCUT2D eigenvalue weighted by molar-refractivity contribution is -0.148. The number of para-hydroxylation sites is 1. The fourth-order valence-corrected chi connectivity index (χ4v) is 5.09. The van der Waals surface area contributed by atoms with E-state index in [1.54, 1.807) is 0 Å². The number of hydrogen-bond donors (Lipinski definition) is 1. The highest BCUT2D eigenvalue weighted by Crippen LogP contribution is 2.36. The molecule has 4 rings (SSSR count). The standard InChI is InChI=1S/C26H35N3O2/c1-2-28(22-13-7-4-8-14-22)18-17-27-26(30)25-24(21-11-5-3-6-12-21)29(19-20-31-25)23-15-9-10-16-23/h3-8,11-14,23-25H,2,9-10,15-20H2,1H3,(H,27,30)/t24-,25+/m0/s1. The summed E-state index contributed by atoms with van der Waals surface area (Å²) in [6.07, 6.45) is 4.54. The molecule has 0 spiro atoms. The summed E-state index contributed by atoms with van der Waals surface area (Å²) in [5.74, 6) is 0.000615. The van der Waals surface area contributed by atoms with Gasteiger partial charge in [-0.25, -0.2) is 0 Å². The third kappa shape index (κ3) is 5.28. The summed E-state index contributed by atoms with van der Waals surface area (Å²) < 4.78 is 6.10. The Morgan fingerprint density at radius 3 is 2.42 bits per heavy atom. The zero-order valence-electron chi connectivity index (χ0n) is 18.6. The van der Waals surface area contributed by atoms with Crippen LogP contribution in [0.1, 0.15) is 44.2 Å². The van der Waals surface area contributed by atoms with Crippen molar-refractivity contribution < 1.29 is 9.53 Å². The minimum Gasteiger partial charge on any atom is -0.370 e. The Balaban J connectivity index is 1.43. The summed E-state index contributed by atoms with van der Waals surface area (Å²) in [4.78, 5) is 18.1. The van der Waals surface area contributed by atoms with Crippen molar-refractivity contribution >= 4 is 11.6 Å². The quantitative estimate of drug-likeness (QED) is 0.699. The number of nitrogens with one attached hydrogen (secondary N) is 1. The van der Waals surface area contributed by atoms with Gasteiger partial charge in [-0.2, -0.15) is 0 Å². The molecular formula is C26H35N3O2. The zero-order valence-corrected chi connectivity index (χ0v) is 18.6. The molecule has 166 valence electrons. The summed E-state index contributed by atoms with van der Waals surface area (Å²) in [6, 6.07) is 21.3. The van der Waals surface area contributed by atoms with Gasteiger partial charge in [-0.3, -0.25) is 9.69 Å². The summed E-state index contributed by atoms with van der Waals surface area (Å²) in [5, 5.41) is 3.17. The number of morpholine rings is 1. The first-order chi connectivity index (χ1) is 15.3. The number of nitrogens with zero attached hydrogens (tertiary/aromatic N) is 2. The van der Waals surface area contributed by atoms with Crippen molar-refractivity contribution in [3.8, 4) is 0 Å². The lowest BCUT2D eigenvalue weighted by Crippen LogP contribution is -2.54. The molecule has 1 amide bonds. The molecular weight excluding hydrogens is 386 g/mol. The molecule has 0 aromatic heterocycles. The SMILES string of the molecule is CCN(CCNC(=O)[C@@H]1OCCN(C2CCCC2)[C@H]1c1ccccc1)c1ccccc1. The Morgan fingerprint density at radius 2 is 1.74 bits per heavy atom. The van der Waals surface area contributed by atoms with E-state index in [4.69, 9.17) is 4.74 Å². The molecule has 1 saturated carbocycles. The molecule has 2 aliphatic rings. The van der Waals surface area contributed by atoms with Crippen LogP contribution in [0.4, 0.5) is 5.69 Å². The molecule has 1 saturated heterocycles. The maximum absolute atomic E-state index is 13.3. The van der Waals surface area contributed by atoms with Crippen molar-refractivity contribution in [2.75, 3.05) is 37.7 Å². The average Bonchev–Trinajstić information content (AvgIpc) is 3.37. The Kier molecular flexibility index (Phi) is 7.60. The van der Waals surface area contributed by atoms with E-state index in [1.165, 1.54) is 36.9 Å². The predicted molar refractivity (Wildman–Crippen MR) is 125 cm³/mol. The highest BCUT2D eigenvalue weighted by molar-refractivity contribution is 5.82. The van der Waals surface area contributed by atoms with E-state index in [0.29, 0.717) is 19.2 Å². The lowest BCUT2D eigenvalue weighted by Gasteiger charge is -2.44. The van der Waals surface area contributed by atoms with Crippen molar-refractivity contribution in [1.82, 2.24) is 10.2 Å². The monoisotopic (exact) mass is 421 g/mol. The van der Waals surface area contributed by atoms with Gasteiger partial charge in [0, 0.05) is 37.9 Å². The summed E-state index contributed by atoms with van der Waals surface area (Å²) in [5.41, 5.74) is 2.36. The normalized spacial score (nSPS) is 22.4. The van der Waals surface area contributed by atoms with Gasteiger partial charge in [0.2, 0.25) is 0 Å². The van der Waals surface area contributed by atoms with Crippen molar-refractivity contribution in [3.63, 3.8) is 0 Å². The van der Waals surface area contributed by atoms with Gasteiger partial charge in [-0.1, -0.05) is 61.4 Å². The largest absolute Gasteiger partial charge is 0.370 e.